The summed E-state index contributed by atoms with van der Waals surface area (Å²) >= 11 is 0. The highest BCUT2D eigenvalue weighted by molar-refractivity contribution is 5.77. The van der Waals surface area contributed by atoms with Gasteiger partial charge in [0.25, 0.3) is 0 Å². The molecule has 5 heteroatoms. The lowest BCUT2D eigenvalue weighted by atomic mass is 10.0. The number of amides is 1. The van der Waals surface area contributed by atoms with Gasteiger partial charge in [0, 0.05) is 26.3 Å². The summed E-state index contributed by atoms with van der Waals surface area (Å²) in [5, 5.41) is 0. The van der Waals surface area contributed by atoms with Gasteiger partial charge in [-0.3, -0.25) is 4.79 Å². The molecule has 2 heterocycles. The Morgan fingerprint density at radius 2 is 2.21 bits per heavy atom. The first-order valence-electron chi connectivity index (χ1n) is 8.51. The van der Waals surface area contributed by atoms with Crippen molar-refractivity contribution in [2.24, 2.45) is 0 Å². The summed E-state index contributed by atoms with van der Waals surface area (Å²) in [5.74, 6) is 0.190. The van der Waals surface area contributed by atoms with Crippen molar-refractivity contribution in [1.29, 1.82) is 0 Å². The van der Waals surface area contributed by atoms with E-state index in [1.165, 1.54) is 11.1 Å². The summed E-state index contributed by atoms with van der Waals surface area (Å²) in [6.45, 7) is 4.16. The van der Waals surface area contributed by atoms with Crippen molar-refractivity contribution in [3.8, 4) is 0 Å². The molecule has 0 saturated heterocycles. The zero-order chi connectivity index (χ0) is 16.9. The van der Waals surface area contributed by atoms with Crippen molar-refractivity contribution >= 4 is 5.91 Å². The van der Waals surface area contributed by atoms with Gasteiger partial charge in [-0.2, -0.15) is 0 Å². The first-order valence-corrected chi connectivity index (χ1v) is 8.51. The second-order valence-electron chi connectivity index (χ2n) is 6.42. The molecule has 1 aromatic carbocycles. The van der Waals surface area contributed by atoms with Crippen LogP contribution in [0.25, 0.3) is 0 Å². The van der Waals surface area contributed by atoms with Gasteiger partial charge in [0.2, 0.25) is 5.91 Å². The van der Waals surface area contributed by atoms with Crippen LogP contribution in [0.3, 0.4) is 0 Å². The molecule has 0 aliphatic carbocycles. The highest BCUT2D eigenvalue weighted by Crippen LogP contribution is 2.20. The van der Waals surface area contributed by atoms with E-state index < -0.39 is 0 Å². The molecule has 0 radical (unpaired) electrons. The molecule has 2 aromatic rings. The average molecular weight is 327 g/mol. The van der Waals surface area contributed by atoms with E-state index in [-0.39, 0.29) is 11.9 Å². The van der Waals surface area contributed by atoms with Crippen LogP contribution in [0.4, 0.5) is 0 Å². The maximum absolute atomic E-state index is 12.9. The van der Waals surface area contributed by atoms with E-state index in [1.54, 1.807) is 7.11 Å². The van der Waals surface area contributed by atoms with Gasteiger partial charge >= 0.3 is 0 Å². The lowest BCUT2D eigenvalue weighted by molar-refractivity contribution is -0.135. The van der Waals surface area contributed by atoms with Crippen LogP contribution in [0.1, 0.15) is 29.7 Å². The van der Waals surface area contributed by atoms with E-state index in [0.29, 0.717) is 19.6 Å². The van der Waals surface area contributed by atoms with Crippen LogP contribution in [0.5, 0.6) is 0 Å². The summed E-state index contributed by atoms with van der Waals surface area (Å²) in [6.07, 6.45) is 5.91. The molecule has 24 heavy (non-hydrogen) atoms. The maximum Gasteiger partial charge on any atom is 0.223 e. The SMILES string of the molecule is COC[C@@H]1CCn2cncc2CN1C(=O)CCc1ccccc1C. The number of imidazole rings is 1. The molecular weight excluding hydrogens is 302 g/mol. The Hall–Kier alpha value is -2.14. The van der Waals surface area contributed by atoms with Crippen molar-refractivity contribution in [3.63, 3.8) is 0 Å². The quantitative estimate of drug-likeness (QED) is 0.848. The summed E-state index contributed by atoms with van der Waals surface area (Å²) in [4.78, 5) is 19.1. The van der Waals surface area contributed by atoms with Crippen LogP contribution in [0.15, 0.2) is 36.8 Å². The predicted molar refractivity (Wildman–Crippen MR) is 92.6 cm³/mol. The first-order chi connectivity index (χ1) is 11.7. The zero-order valence-electron chi connectivity index (χ0n) is 14.4. The van der Waals surface area contributed by atoms with Crippen LogP contribution in [-0.2, 0) is 29.0 Å². The van der Waals surface area contributed by atoms with Gasteiger partial charge in [-0.25, -0.2) is 4.98 Å². The summed E-state index contributed by atoms with van der Waals surface area (Å²) in [6, 6.07) is 8.39. The van der Waals surface area contributed by atoms with Crippen molar-refractivity contribution in [2.75, 3.05) is 13.7 Å². The Bertz CT molecular complexity index is 695. The normalized spacial score (nSPS) is 17.4. The molecule has 0 fully saturated rings. The van der Waals surface area contributed by atoms with Crippen molar-refractivity contribution in [3.05, 3.63) is 53.6 Å². The summed E-state index contributed by atoms with van der Waals surface area (Å²) in [7, 11) is 1.70. The minimum atomic E-state index is 0.124. The lowest BCUT2D eigenvalue weighted by Gasteiger charge is -2.29. The lowest BCUT2D eigenvalue weighted by Crippen LogP contribution is -2.41. The van der Waals surface area contributed by atoms with Gasteiger partial charge in [0.15, 0.2) is 0 Å². The second kappa shape index (κ2) is 7.62. The molecule has 3 rings (SSSR count). The molecule has 0 bridgehead atoms. The number of ether oxygens (including phenoxy) is 1. The van der Waals surface area contributed by atoms with Gasteiger partial charge in [0.1, 0.15) is 0 Å². The van der Waals surface area contributed by atoms with Crippen LogP contribution in [0.2, 0.25) is 0 Å². The molecule has 0 saturated carbocycles. The molecule has 1 aliphatic rings. The van der Waals surface area contributed by atoms with Crippen molar-refractivity contribution in [1.82, 2.24) is 14.5 Å². The number of hydrogen-bond acceptors (Lipinski definition) is 3. The van der Waals surface area contributed by atoms with Crippen LogP contribution >= 0.6 is 0 Å². The molecule has 1 atom stereocenters. The number of methoxy groups -OCH3 is 1. The van der Waals surface area contributed by atoms with Gasteiger partial charge in [-0.1, -0.05) is 24.3 Å². The highest BCUT2D eigenvalue weighted by Gasteiger charge is 2.27. The molecule has 1 aromatic heterocycles. The number of aromatic nitrogens is 2. The number of aryl methyl sites for hydroxylation is 3. The number of benzene rings is 1. The monoisotopic (exact) mass is 327 g/mol. The number of carbonyl (C=O) groups excluding carboxylic acids is 1. The van der Waals surface area contributed by atoms with Crippen molar-refractivity contribution < 1.29 is 9.53 Å². The van der Waals surface area contributed by atoms with E-state index in [1.807, 2.05) is 29.6 Å². The molecule has 128 valence electrons. The Morgan fingerprint density at radius 3 is 3.00 bits per heavy atom. The number of carbonyl (C=O) groups is 1. The predicted octanol–water partition coefficient (Wildman–Crippen LogP) is 2.57. The molecule has 0 spiro atoms. The standard InChI is InChI=1S/C19H25N3O2/c1-15-5-3-4-6-16(15)7-8-19(23)22-12-18-11-20-14-21(18)10-9-17(22)13-24-2/h3-6,11,14,17H,7-10,12-13H2,1-2H3/t17-/m0/s1. The molecule has 5 nitrogen and oxygen atoms in total. The van der Waals surface area contributed by atoms with Crippen LogP contribution in [-0.4, -0.2) is 40.1 Å². The van der Waals surface area contributed by atoms with Crippen LogP contribution in [0, 0.1) is 6.92 Å². The largest absolute Gasteiger partial charge is 0.383 e. The molecule has 0 N–H and O–H groups in total. The summed E-state index contributed by atoms with van der Waals surface area (Å²) < 4.78 is 7.49. The average Bonchev–Trinajstić information content (AvgIpc) is 2.96. The second-order valence-corrected chi connectivity index (χ2v) is 6.42. The van der Waals surface area contributed by atoms with Gasteiger partial charge in [0.05, 0.1) is 31.2 Å². The van der Waals surface area contributed by atoms with Crippen LogP contribution < -0.4 is 0 Å². The Kier molecular flexibility index (Phi) is 5.30. The minimum absolute atomic E-state index is 0.124. The third-order valence-electron chi connectivity index (χ3n) is 4.82. The van der Waals surface area contributed by atoms with E-state index in [9.17, 15) is 4.79 Å². The van der Waals surface area contributed by atoms with E-state index in [4.69, 9.17) is 4.74 Å². The highest BCUT2D eigenvalue weighted by atomic mass is 16.5. The van der Waals surface area contributed by atoms with E-state index >= 15 is 0 Å². The molecule has 1 amide bonds. The Balaban J connectivity index is 1.71. The minimum Gasteiger partial charge on any atom is -0.383 e. The fourth-order valence-electron chi connectivity index (χ4n) is 3.36. The fraction of sp³-hybridized carbons (Fsp3) is 0.474. The topological polar surface area (TPSA) is 47.4 Å². The van der Waals surface area contributed by atoms with Gasteiger partial charge in [-0.15, -0.1) is 0 Å². The number of hydrogen-bond donors (Lipinski definition) is 0. The van der Waals surface area contributed by atoms with Gasteiger partial charge < -0.3 is 14.2 Å². The smallest absolute Gasteiger partial charge is 0.223 e. The third kappa shape index (κ3) is 3.67. The molecule has 0 unspecified atom stereocenters. The van der Waals surface area contributed by atoms with E-state index in [0.717, 1.165) is 25.1 Å². The van der Waals surface area contributed by atoms with E-state index in [2.05, 4.69) is 28.6 Å². The first kappa shape index (κ1) is 16.7. The Labute approximate surface area is 143 Å². The third-order valence-corrected chi connectivity index (χ3v) is 4.82. The fourth-order valence-corrected chi connectivity index (χ4v) is 3.36. The number of rotatable bonds is 5. The van der Waals surface area contributed by atoms with Gasteiger partial charge in [-0.05, 0) is 30.9 Å². The number of nitrogens with zero attached hydrogens (tertiary/aromatic N) is 3. The number of fused-ring (bicyclic) bond motifs is 1. The van der Waals surface area contributed by atoms with Crippen molar-refractivity contribution in [2.45, 2.75) is 45.3 Å². The molecular formula is C19H25N3O2. The molecule has 1 aliphatic heterocycles. The Morgan fingerprint density at radius 1 is 1.38 bits per heavy atom. The maximum atomic E-state index is 12.9. The summed E-state index contributed by atoms with van der Waals surface area (Å²) in [5.41, 5.74) is 3.58. The zero-order valence-corrected chi connectivity index (χ0v) is 14.4.